The first kappa shape index (κ1) is 23.5. The van der Waals surface area contributed by atoms with E-state index in [2.05, 4.69) is 22.2 Å². The van der Waals surface area contributed by atoms with Gasteiger partial charge in [0.15, 0.2) is 0 Å². The first-order valence-electron chi connectivity index (χ1n) is 11.1. The third-order valence-electron chi connectivity index (χ3n) is 5.25. The molecule has 8 nitrogen and oxygen atoms in total. The van der Waals surface area contributed by atoms with Gasteiger partial charge in [-0.25, -0.2) is 9.78 Å². The molecule has 0 fully saturated rings. The molecule has 0 spiro atoms. The van der Waals surface area contributed by atoms with Crippen LogP contribution in [0.1, 0.15) is 60.4 Å². The Morgan fingerprint density at radius 2 is 2.00 bits per heavy atom. The maximum absolute atomic E-state index is 12.7. The average molecular weight is 441 g/mol. The smallest absolute Gasteiger partial charge is 0.340 e. The Morgan fingerprint density at radius 3 is 2.75 bits per heavy atom. The summed E-state index contributed by atoms with van der Waals surface area (Å²) in [6, 6.07) is 3.63. The number of rotatable bonds is 11. The lowest BCUT2D eigenvalue weighted by Crippen LogP contribution is -2.21. The second-order valence-corrected chi connectivity index (χ2v) is 7.84. The summed E-state index contributed by atoms with van der Waals surface area (Å²) in [5.74, 6) is 0.125. The normalized spacial score (nSPS) is 13.9. The van der Waals surface area contributed by atoms with Gasteiger partial charge in [0.1, 0.15) is 5.82 Å². The number of carbonyl (C=O) groups is 2. The van der Waals surface area contributed by atoms with E-state index in [-0.39, 0.29) is 12.5 Å². The summed E-state index contributed by atoms with van der Waals surface area (Å²) < 4.78 is 10.8. The number of esters is 1. The Kier molecular flexibility index (Phi) is 8.05. The largest absolute Gasteiger partial charge is 0.462 e. The number of amides is 1. The van der Waals surface area contributed by atoms with E-state index < -0.39 is 5.97 Å². The fraction of sp³-hybridized carbons (Fsp3) is 0.458. The van der Waals surface area contributed by atoms with Gasteiger partial charge in [0, 0.05) is 38.1 Å². The van der Waals surface area contributed by atoms with Crippen LogP contribution in [0.5, 0.6) is 0 Å². The maximum Gasteiger partial charge on any atom is 0.340 e. The molecule has 1 aliphatic heterocycles. The Hall–Kier alpha value is -3.13. The van der Waals surface area contributed by atoms with Gasteiger partial charge in [0.05, 0.1) is 35.3 Å². The van der Waals surface area contributed by atoms with Crippen LogP contribution in [-0.4, -0.2) is 55.3 Å². The van der Waals surface area contributed by atoms with E-state index in [4.69, 9.17) is 9.47 Å². The molecule has 0 unspecified atom stereocenters. The van der Waals surface area contributed by atoms with Crippen molar-refractivity contribution >= 4 is 35.0 Å². The molecule has 0 bridgehead atoms. The topological polar surface area (TPSA) is 96.5 Å². The van der Waals surface area contributed by atoms with Crippen LogP contribution in [0.2, 0.25) is 0 Å². The van der Waals surface area contributed by atoms with Crippen LogP contribution >= 0.6 is 0 Å². The highest BCUT2D eigenvalue weighted by atomic mass is 16.5. The Morgan fingerprint density at radius 1 is 1.22 bits per heavy atom. The number of nitrogens with zero attached hydrogens (tertiary/aromatic N) is 2. The van der Waals surface area contributed by atoms with Crippen molar-refractivity contribution in [3.05, 3.63) is 40.8 Å². The molecule has 32 heavy (non-hydrogen) atoms. The van der Waals surface area contributed by atoms with Crippen molar-refractivity contribution in [2.45, 2.75) is 40.0 Å². The molecule has 1 aliphatic rings. The molecule has 0 aliphatic carbocycles. The monoisotopic (exact) mass is 440 g/mol. The summed E-state index contributed by atoms with van der Waals surface area (Å²) in [6.45, 7) is 8.35. The molecule has 2 aromatic rings. The number of unbranched alkanes of at least 4 members (excludes halogenated alkanes) is 1. The van der Waals surface area contributed by atoms with Crippen molar-refractivity contribution in [2.75, 3.05) is 43.6 Å². The predicted octanol–water partition coefficient (Wildman–Crippen LogP) is 4.03. The molecule has 2 N–H and O–H groups in total. The zero-order valence-electron chi connectivity index (χ0n) is 19.3. The molecule has 0 saturated carbocycles. The van der Waals surface area contributed by atoms with E-state index in [1.54, 1.807) is 25.3 Å². The van der Waals surface area contributed by atoms with Gasteiger partial charge in [0.25, 0.3) is 5.91 Å². The highest BCUT2D eigenvalue weighted by Gasteiger charge is 2.27. The van der Waals surface area contributed by atoms with E-state index in [1.807, 2.05) is 24.9 Å². The fourth-order valence-corrected chi connectivity index (χ4v) is 3.54. The first-order chi connectivity index (χ1) is 15.4. The lowest BCUT2D eigenvalue weighted by molar-refractivity contribution is -0.110. The van der Waals surface area contributed by atoms with Gasteiger partial charge in [-0.3, -0.25) is 4.79 Å². The minimum atomic E-state index is -0.418. The van der Waals surface area contributed by atoms with Gasteiger partial charge in [-0.05, 0) is 44.9 Å². The summed E-state index contributed by atoms with van der Waals surface area (Å²) in [7, 11) is 1.97. The molecule has 1 amide bonds. The second kappa shape index (κ2) is 10.9. The number of H-pyrrole nitrogens is 1. The van der Waals surface area contributed by atoms with Gasteiger partial charge in [-0.15, -0.1) is 0 Å². The number of fused-ring (bicyclic) bond motifs is 1. The number of ether oxygens (including phenoxy) is 2. The minimum Gasteiger partial charge on any atom is -0.462 e. The molecule has 172 valence electrons. The number of pyridine rings is 1. The summed E-state index contributed by atoms with van der Waals surface area (Å²) >= 11 is 0. The third-order valence-corrected chi connectivity index (χ3v) is 5.25. The molecule has 0 aromatic carbocycles. The van der Waals surface area contributed by atoms with E-state index >= 15 is 0 Å². The molecule has 0 saturated heterocycles. The van der Waals surface area contributed by atoms with Crippen LogP contribution < -0.4 is 10.2 Å². The third kappa shape index (κ3) is 5.56. The Bertz CT molecular complexity index is 996. The van der Waals surface area contributed by atoms with Gasteiger partial charge >= 0.3 is 5.97 Å². The standard InChI is InChI=1S/C24H32N4O4/c1-5-7-10-31-11-8-9-28(4)22-14-17-18(23(29)27-21(17)15-25-22)13-20-19(12-16(3)26-20)24(30)32-6-2/h12-15,26H,5-11H2,1-4H3,(H,27,29)/b18-13-. The summed E-state index contributed by atoms with van der Waals surface area (Å²) in [4.78, 5) is 34.7. The summed E-state index contributed by atoms with van der Waals surface area (Å²) in [5.41, 5.74) is 3.67. The van der Waals surface area contributed by atoms with Crippen molar-refractivity contribution < 1.29 is 19.1 Å². The van der Waals surface area contributed by atoms with E-state index in [0.29, 0.717) is 29.1 Å². The Balaban J connectivity index is 1.79. The van der Waals surface area contributed by atoms with Crippen LogP contribution in [0.25, 0.3) is 11.6 Å². The predicted molar refractivity (Wildman–Crippen MR) is 126 cm³/mol. The molecular weight excluding hydrogens is 408 g/mol. The van der Waals surface area contributed by atoms with Crippen LogP contribution in [-0.2, 0) is 14.3 Å². The average Bonchev–Trinajstić information content (AvgIpc) is 3.29. The van der Waals surface area contributed by atoms with E-state index in [9.17, 15) is 9.59 Å². The number of anilines is 2. The fourth-order valence-electron chi connectivity index (χ4n) is 3.54. The van der Waals surface area contributed by atoms with Crippen molar-refractivity contribution in [3.63, 3.8) is 0 Å². The number of hydrogen-bond acceptors (Lipinski definition) is 6. The van der Waals surface area contributed by atoms with E-state index in [1.165, 1.54) is 0 Å². The minimum absolute atomic E-state index is 0.229. The molecule has 3 rings (SSSR count). The lowest BCUT2D eigenvalue weighted by Gasteiger charge is -2.18. The summed E-state index contributed by atoms with van der Waals surface area (Å²) in [5, 5.41) is 2.85. The van der Waals surface area contributed by atoms with Crippen LogP contribution in [0.3, 0.4) is 0 Å². The van der Waals surface area contributed by atoms with Crippen molar-refractivity contribution in [1.29, 1.82) is 0 Å². The highest BCUT2D eigenvalue weighted by molar-refractivity contribution is 6.35. The van der Waals surface area contributed by atoms with Gasteiger partial charge in [-0.2, -0.15) is 0 Å². The number of carbonyl (C=O) groups excluding carboxylic acids is 2. The van der Waals surface area contributed by atoms with Crippen LogP contribution in [0.15, 0.2) is 18.3 Å². The zero-order chi connectivity index (χ0) is 23.1. The molecule has 0 atom stereocenters. The van der Waals surface area contributed by atoms with Gasteiger partial charge < -0.3 is 24.7 Å². The molecule has 3 heterocycles. The number of aromatic nitrogens is 2. The number of nitrogens with one attached hydrogen (secondary N) is 2. The zero-order valence-corrected chi connectivity index (χ0v) is 19.3. The van der Waals surface area contributed by atoms with Crippen LogP contribution in [0.4, 0.5) is 11.5 Å². The number of aromatic amines is 1. The van der Waals surface area contributed by atoms with Crippen molar-refractivity contribution in [1.82, 2.24) is 9.97 Å². The quantitative estimate of drug-likeness (QED) is 0.311. The first-order valence-corrected chi connectivity index (χ1v) is 11.1. The second-order valence-electron chi connectivity index (χ2n) is 7.84. The summed E-state index contributed by atoms with van der Waals surface area (Å²) in [6.07, 6.45) is 6.47. The molecule has 8 heteroatoms. The molecule has 0 radical (unpaired) electrons. The SMILES string of the molecule is CCCCOCCCN(C)c1cc2c(cn1)NC(=O)/C2=C\c1[nH]c(C)cc1C(=O)OCC. The lowest BCUT2D eigenvalue weighted by atomic mass is 10.1. The van der Waals surface area contributed by atoms with Crippen molar-refractivity contribution in [2.24, 2.45) is 0 Å². The molecule has 2 aromatic heterocycles. The molecular formula is C24H32N4O4. The van der Waals surface area contributed by atoms with Gasteiger partial charge in [-0.1, -0.05) is 13.3 Å². The van der Waals surface area contributed by atoms with Gasteiger partial charge in [0.2, 0.25) is 0 Å². The van der Waals surface area contributed by atoms with Crippen molar-refractivity contribution in [3.8, 4) is 0 Å². The number of aryl methyl sites for hydroxylation is 1. The highest BCUT2D eigenvalue weighted by Crippen LogP contribution is 2.35. The number of hydrogen-bond donors (Lipinski definition) is 2. The van der Waals surface area contributed by atoms with Crippen LogP contribution in [0, 0.1) is 6.92 Å². The Labute approximate surface area is 189 Å². The van der Waals surface area contributed by atoms with E-state index in [0.717, 1.165) is 49.5 Å². The maximum atomic E-state index is 12.7.